The van der Waals surface area contributed by atoms with E-state index in [1.54, 1.807) is 16.9 Å². The van der Waals surface area contributed by atoms with Gasteiger partial charge in [0.05, 0.1) is 17.9 Å². The maximum atomic E-state index is 12.6. The summed E-state index contributed by atoms with van der Waals surface area (Å²) in [6, 6.07) is 5.09. The molecule has 2 aromatic rings. The standard InChI is InChI=1S/C15H17F3N2O/c1-20-10-12(9-19-20)5-6-14(21)8-11-3-2-4-13(7-11)15(16,17)18/h2-4,7,9-10,14,21H,5-6,8H2,1H3. The minimum Gasteiger partial charge on any atom is -0.393 e. The van der Waals surface area contributed by atoms with E-state index in [0.717, 1.165) is 17.7 Å². The second-order valence-corrected chi connectivity index (χ2v) is 5.12. The third kappa shape index (κ3) is 4.60. The summed E-state index contributed by atoms with van der Waals surface area (Å²) in [4.78, 5) is 0. The average molecular weight is 298 g/mol. The minimum atomic E-state index is -4.35. The zero-order valence-electron chi connectivity index (χ0n) is 11.6. The Kier molecular flexibility index (Phi) is 4.67. The summed E-state index contributed by atoms with van der Waals surface area (Å²) < 4.78 is 39.5. The summed E-state index contributed by atoms with van der Waals surface area (Å²) in [6.45, 7) is 0. The number of benzene rings is 1. The number of nitrogens with zero attached hydrogens (tertiary/aromatic N) is 2. The molecule has 0 saturated heterocycles. The molecule has 0 fully saturated rings. The summed E-state index contributed by atoms with van der Waals surface area (Å²) in [5.41, 5.74) is 0.809. The first-order valence-electron chi connectivity index (χ1n) is 6.66. The van der Waals surface area contributed by atoms with Crippen LogP contribution in [0.2, 0.25) is 0 Å². The molecule has 0 amide bonds. The summed E-state index contributed by atoms with van der Waals surface area (Å²) in [6.07, 6.45) is -0.0984. The van der Waals surface area contributed by atoms with Gasteiger partial charge >= 0.3 is 6.18 Å². The van der Waals surface area contributed by atoms with Crippen molar-refractivity contribution in [3.63, 3.8) is 0 Å². The van der Waals surface area contributed by atoms with Crippen LogP contribution in [-0.4, -0.2) is 21.0 Å². The molecular formula is C15H17F3N2O. The summed E-state index contributed by atoms with van der Waals surface area (Å²) in [7, 11) is 1.81. The number of hydrogen-bond donors (Lipinski definition) is 1. The molecule has 0 saturated carbocycles. The molecule has 0 bridgehead atoms. The topological polar surface area (TPSA) is 38.0 Å². The van der Waals surface area contributed by atoms with Crippen LogP contribution in [0.3, 0.4) is 0 Å². The highest BCUT2D eigenvalue weighted by atomic mass is 19.4. The zero-order valence-corrected chi connectivity index (χ0v) is 11.6. The van der Waals surface area contributed by atoms with Crippen LogP contribution in [0.4, 0.5) is 13.2 Å². The van der Waals surface area contributed by atoms with Gasteiger partial charge in [-0.15, -0.1) is 0 Å². The molecule has 2 rings (SSSR count). The van der Waals surface area contributed by atoms with Crippen LogP contribution in [0.25, 0.3) is 0 Å². The molecule has 0 aliphatic carbocycles. The lowest BCUT2D eigenvalue weighted by molar-refractivity contribution is -0.137. The molecule has 1 atom stereocenters. The second-order valence-electron chi connectivity index (χ2n) is 5.12. The van der Waals surface area contributed by atoms with Crippen LogP contribution in [0.1, 0.15) is 23.1 Å². The maximum absolute atomic E-state index is 12.6. The Balaban J connectivity index is 1.92. The van der Waals surface area contributed by atoms with E-state index >= 15 is 0 Å². The normalized spacial score (nSPS) is 13.4. The van der Waals surface area contributed by atoms with Gasteiger partial charge in [-0.2, -0.15) is 18.3 Å². The number of aromatic nitrogens is 2. The third-order valence-electron chi connectivity index (χ3n) is 3.25. The highest BCUT2D eigenvalue weighted by Crippen LogP contribution is 2.29. The fourth-order valence-electron chi connectivity index (χ4n) is 2.18. The molecule has 1 heterocycles. The molecule has 1 aromatic heterocycles. The van der Waals surface area contributed by atoms with Gasteiger partial charge in [0.15, 0.2) is 0 Å². The fourth-order valence-corrected chi connectivity index (χ4v) is 2.18. The average Bonchev–Trinajstić information content (AvgIpc) is 2.82. The van der Waals surface area contributed by atoms with Gasteiger partial charge in [0.25, 0.3) is 0 Å². The lowest BCUT2D eigenvalue weighted by Crippen LogP contribution is -2.13. The van der Waals surface area contributed by atoms with Gasteiger partial charge in [0.2, 0.25) is 0 Å². The lowest BCUT2D eigenvalue weighted by Gasteiger charge is -2.12. The van der Waals surface area contributed by atoms with E-state index < -0.39 is 17.8 Å². The zero-order chi connectivity index (χ0) is 15.5. The first kappa shape index (κ1) is 15.6. The monoisotopic (exact) mass is 298 g/mol. The molecule has 6 heteroatoms. The van der Waals surface area contributed by atoms with E-state index in [2.05, 4.69) is 5.10 Å². The SMILES string of the molecule is Cn1cc(CCC(O)Cc2cccc(C(F)(F)F)c2)cn1. The number of rotatable bonds is 5. The van der Waals surface area contributed by atoms with Crippen LogP contribution in [0, 0.1) is 0 Å². The molecule has 0 aliphatic rings. The second kappa shape index (κ2) is 6.30. The van der Waals surface area contributed by atoms with Crippen LogP contribution >= 0.6 is 0 Å². The Labute approximate surface area is 121 Å². The van der Waals surface area contributed by atoms with Crippen LogP contribution in [0.15, 0.2) is 36.7 Å². The molecule has 3 nitrogen and oxygen atoms in total. The Morgan fingerprint density at radius 1 is 1.29 bits per heavy atom. The van der Waals surface area contributed by atoms with Gasteiger partial charge in [-0.1, -0.05) is 18.2 Å². The van der Waals surface area contributed by atoms with Crippen molar-refractivity contribution in [3.8, 4) is 0 Å². The van der Waals surface area contributed by atoms with Crippen molar-refractivity contribution in [3.05, 3.63) is 53.3 Å². The van der Waals surface area contributed by atoms with Gasteiger partial charge < -0.3 is 5.11 Å². The quantitative estimate of drug-likeness (QED) is 0.921. The van der Waals surface area contributed by atoms with E-state index in [1.807, 2.05) is 13.2 Å². The highest BCUT2D eigenvalue weighted by molar-refractivity contribution is 5.26. The summed E-state index contributed by atoms with van der Waals surface area (Å²) in [5, 5.41) is 14.0. The predicted octanol–water partition coefficient (Wildman–Crippen LogP) is 2.98. The molecule has 1 unspecified atom stereocenters. The number of aliphatic hydroxyl groups excluding tert-OH is 1. The van der Waals surface area contributed by atoms with E-state index in [1.165, 1.54) is 6.07 Å². The molecule has 0 spiro atoms. The smallest absolute Gasteiger partial charge is 0.393 e. The Bertz CT molecular complexity index is 593. The first-order valence-corrected chi connectivity index (χ1v) is 6.66. The third-order valence-corrected chi connectivity index (χ3v) is 3.25. The van der Waals surface area contributed by atoms with E-state index in [-0.39, 0.29) is 6.42 Å². The molecular weight excluding hydrogens is 281 g/mol. The fraction of sp³-hybridized carbons (Fsp3) is 0.400. The molecule has 21 heavy (non-hydrogen) atoms. The van der Waals surface area contributed by atoms with Crippen molar-refractivity contribution in [1.29, 1.82) is 0 Å². The van der Waals surface area contributed by atoms with Crippen molar-refractivity contribution in [2.75, 3.05) is 0 Å². The van der Waals surface area contributed by atoms with E-state index in [4.69, 9.17) is 0 Å². The van der Waals surface area contributed by atoms with Crippen molar-refractivity contribution >= 4 is 0 Å². The Morgan fingerprint density at radius 2 is 2.05 bits per heavy atom. The minimum absolute atomic E-state index is 0.212. The van der Waals surface area contributed by atoms with E-state index in [0.29, 0.717) is 18.4 Å². The van der Waals surface area contributed by atoms with Crippen LogP contribution in [-0.2, 0) is 26.1 Å². The largest absolute Gasteiger partial charge is 0.416 e. The van der Waals surface area contributed by atoms with Crippen LogP contribution < -0.4 is 0 Å². The maximum Gasteiger partial charge on any atom is 0.416 e. The Hall–Kier alpha value is -1.82. The first-order chi connectivity index (χ1) is 9.84. The summed E-state index contributed by atoms with van der Waals surface area (Å²) in [5.74, 6) is 0. The van der Waals surface area contributed by atoms with Crippen LogP contribution in [0.5, 0.6) is 0 Å². The number of halogens is 3. The van der Waals surface area contributed by atoms with Crippen molar-refractivity contribution in [1.82, 2.24) is 9.78 Å². The van der Waals surface area contributed by atoms with Crippen molar-refractivity contribution in [2.24, 2.45) is 7.05 Å². The number of aliphatic hydroxyl groups is 1. The molecule has 0 radical (unpaired) electrons. The predicted molar refractivity (Wildman–Crippen MR) is 72.7 cm³/mol. The number of aryl methyl sites for hydroxylation is 2. The van der Waals surface area contributed by atoms with Crippen molar-refractivity contribution in [2.45, 2.75) is 31.5 Å². The number of alkyl halides is 3. The summed E-state index contributed by atoms with van der Waals surface area (Å²) >= 11 is 0. The van der Waals surface area contributed by atoms with Crippen molar-refractivity contribution < 1.29 is 18.3 Å². The van der Waals surface area contributed by atoms with E-state index in [9.17, 15) is 18.3 Å². The van der Waals surface area contributed by atoms with Gasteiger partial charge in [-0.3, -0.25) is 4.68 Å². The number of hydrogen-bond acceptors (Lipinski definition) is 2. The molecule has 114 valence electrons. The van der Waals surface area contributed by atoms with Gasteiger partial charge in [-0.25, -0.2) is 0 Å². The molecule has 0 aliphatic heterocycles. The van der Waals surface area contributed by atoms with Gasteiger partial charge in [-0.05, 0) is 36.5 Å². The Morgan fingerprint density at radius 3 is 2.67 bits per heavy atom. The molecule has 1 N–H and O–H groups in total. The van der Waals surface area contributed by atoms with Gasteiger partial charge in [0, 0.05) is 13.2 Å². The van der Waals surface area contributed by atoms with Gasteiger partial charge in [0.1, 0.15) is 0 Å². The highest BCUT2D eigenvalue weighted by Gasteiger charge is 2.30. The lowest BCUT2D eigenvalue weighted by atomic mass is 10.0. The molecule has 1 aromatic carbocycles.